The molecule has 3 heterocycles. The van der Waals surface area contributed by atoms with E-state index in [1.54, 1.807) is 19.4 Å². The molecule has 1 aromatic carbocycles. The summed E-state index contributed by atoms with van der Waals surface area (Å²) in [7, 11) is 1.71. The first-order valence-electron chi connectivity index (χ1n) is 8.10. The molecule has 0 bridgehead atoms. The minimum absolute atomic E-state index is 0. The van der Waals surface area contributed by atoms with E-state index in [4.69, 9.17) is 13.9 Å². The number of hydrogen-bond acceptors (Lipinski definition) is 6. The number of benzene rings is 1. The fourth-order valence-electron chi connectivity index (χ4n) is 2.52. The molecule has 10 heteroatoms. The van der Waals surface area contributed by atoms with Crippen LogP contribution in [-0.2, 0) is 13.1 Å². The number of nitrogens with one attached hydrogen (secondary N) is 3. The van der Waals surface area contributed by atoms with E-state index in [-0.39, 0.29) is 30.8 Å². The van der Waals surface area contributed by atoms with E-state index < -0.39 is 0 Å². The molecule has 0 atom stereocenters. The normalized spacial score (nSPS) is 12.6. The van der Waals surface area contributed by atoms with Gasteiger partial charge in [-0.05, 0) is 29.8 Å². The highest BCUT2D eigenvalue weighted by molar-refractivity contribution is 14.0. The van der Waals surface area contributed by atoms with E-state index in [1.807, 2.05) is 24.3 Å². The highest BCUT2D eigenvalue weighted by Gasteiger charge is 2.13. The molecule has 0 saturated heterocycles. The van der Waals surface area contributed by atoms with E-state index in [0.717, 1.165) is 17.1 Å². The van der Waals surface area contributed by atoms with Gasteiger partial charge in [-0.3, -0.25) is 10.1 Å². The molecule has 9 nitrogen and oxygen atoms in total. The summed E-state index contributed by atoms with van der Waals surface area (Å²) in [6.07, 6.45) is 1.59. The highest BCUT2D eigenvalue weighted by atomic mass is 127. The van der Waals surface area contributed by atoms with Gasteiger partial charge < -0.3 is 24.5 Å². The third-order valence-electron chi connectivity index (χ3n) is 3.82. The summed E-state index contributed by atoms with van der Waals surface area (Å²) in [5.74, 6) is 4.02. The third kappa shape index (κ3) is 4.51. The lowest BCUT2D eigenvalue weighted by Gasteiger charge is -2.11. The molecule has 3 N–H and O–H groups in total. The van der Waals surface area contributed by atoms with Gasteiger partial charge in [-0.2, -0.15) is 0 Å². The van der Waals surface area contributed by atoms with Gasteiger partial charge in [0.15, 0.2) is 23.2 Å². The molecule has 0 amide bonds. The van der Waals surface area contributed by atoms with Crippen molar-refractivity contribution in [3.05, 3.63) is 48.0 Å². The Bertz CT molecular complexity index is 909. The van der Waals surface area contributed by atoms with Crippen molar-refractivity contribution >= 4 is 29.9 Å². The number of halogens is 1. The second-order valence-electron chi connectivity index (χ2n) is 5.55. The van der Waals surface area contributed by atoms with Crippen LogP contribution < -0.4 is 20.1 Å². The van der Waals surface area contributed by atoms with Crippen molar-refractivity contribution in [3.63, 3.8) is 0 Å². The summed E-state index contributed by atoms with van der Waals surface area (Å²) in [6, 6.07) is 9.45. The molecular weight excluding hydrogens is 463 g/mol. The lowest BCUT2D eigenvalue weighted by molar-refractivity contribution is 0.174. The van der Waals surface area contributed by atoms with E-state index in [0.29, 0.717) is 36.5 Å². The Balaban J connectivity index is 0.00000210. The number of aliphatic imine (C=N–C) groups is 1. The molecule has 1 aliphatic rings. The van der Waals surface area contributed by atoms with Gasteiger partial charge in [0.25, 0.3) is 0 Å². The van der Waals surface area contributed by atoms with E-state index in [9.17, 15) is 0 Å². The lowest BCUT2D eigenvalue weighted by Crippen LogP contribution is -2.36. The molecule has 142 valence electrons. The number of ether oxygens (including phenoxy) is 2. The number of aromatic amines is 1. The predicted molar refractivity (Wildman–Crippen MR) is 109 cm³/mol. The zero-order chi connectivity index (χ0) is 17.8. The summed E-state index contributed by atoms with van der Waals surface area (Å²) in [5, 5.41) is 13.4. The van der Waals surface area contributed by atoms with Crippen LogP contribution in [0.4, 0.5) is 0 Å². The largest absolute Gasteiger partial charge is 0.461 e. The maximum absolute atomic E-state index is 5.39. The monoisotopic (exact) mass is 482 g/mol. The van der Waals surface area contributed by atoms with Gasteiger partial charge in [0.2, 0.25) is 12.6 Å². The Hall–Kier alpha value is -2.76. The van der Waals surface area contributed by atoms with Crippen LogP contribution in [0.3, 0.4) is 0 Å². The van der Waals surface area contributed by atoms with Gasteiger partial charge in [0.1, 0.15) is 5.82 Å². The number of H-pyrrole nitrogens is 1. The molecule has 1 aliphatic heterocycles. The van der Waals surface area contributed by atoms with Crippen molar-refractivity contribution in [3.8, 4) is 23.1 Å². The Morgan fingerprint density at radius 2 is 2.04 bits per heavy atom. The molecule has 0 fully saturated rings. The minimum Gasteiger partial charge on any atom is -0.461 e. The molecule has 0 aliphatic carbocycles. The second kappa shape index (κ2) is 8.75. The zero-order valence-corrected chi connectivity index (χ0v) is 16.9. The molecule has 0 radical (unpaired) electrons. The van der Waals surface area contributed by atoms with Crippen LogP contribution in [0.2, 0.25) is 0 Å². The number of hydrogen-bond donors (Lipinski definition) is 3. The summed E-state index contributed by atoms with van der Waals surface area (Å²) in [5.41, 5.74) is 1.07. The molecule has 0 spiro atoms. The van der Waals surface area contributed by atoms with Gasteiger partial charge in [0, 0.05) is 13.6 Å². The smallest absolute Gasteiger partial charge is 0.231 e. The highest BCUT2D eigenvalue weighted by Crippen LogP contribution is 2.32. The number of furan rings is 1. The van der Waals surface area contributed by atoms with Crippen LogP contribution in [0.5, 0.6) is 11.5 Å². The van der Waals surface area contributed by atoms with Crippen molar-refractivity contribution in [2.45, 2.75) is 13.1 Å². The number of guanidine groups is 1. The van der Waals surface area contributed by atoms with Gasteiger partial charge in [-0.25, -0.2) is 4.98 Å². The first-order chi connectivity index (χ1) is 12.8. The fraction of sp³-hybridized carbons (Fsp3) is 0.235. The Morgan fingerprint density at radius 3 is 2.85 bits per heavy atom. The first kappa shape index (κ1) is 19.0. The predicted octanol–water partition coefficient (Wildman–Crippen LogP) is 2.28. The minimum atomic E-state index is 0. The van der Waals surface area contributed by atoms with Crippen molar-refractivity contribution < 1.29 is 13.9 Å². The first-order valence-corrected chi connectivity index (χ1v) is 8.10. The summed E-state index contributed by atoms with van der Waals surface area (Å²) >= 11 is 0. The van der Waals surface area contributed by atoms with Gasteiger partial charge in [-0.1, -0.05) is 6.07 Å². The second-order valence-corrected chi connectivity index (χ2v) is 5.55. The molecule has 4 rings (SSSR count). The molecular formula is C17H19IN6O3. The number of rotatable bonds is 5. The fourth-order valence-corrected chi connectivity index (χ4v) is 2.52. The molecule has 0 unspecified atom stereocenters. The van der Waals surface area contributed by atoms with E-state index >= 15 is 0 Å². The lowest BCUT2D eigenvalue weighted by atomic mass is 10.2. The van der Waals surface area contributed by atoms with Gasteiger partial charge in [-0.15, -0.1) is 29.1 Å². The van der Waals surface area contributed by atoms with Crippen LogP contribution in [0, 0.1) is 0 Å². The summed E-state index contributed by atoms with van der Waals surface area (Å²) < 4.78 is 16.0. The topological polar surface area (TPSA) is 110 Å². The van der Waals surface area contributed by atoms with Crippen LogP contribution >= 0.6 is 24.0 Å². The van der Waals surface area contributed by atoms with Gasteiger partial charge in [0.05, 0.1) is 12.8 Å². The van der Waals surface area contributed by atoms with Crippen molar-refractivity contribution in [2.75, 3.05) is 13.8 Å². The van der Waals surface area contributed by atoms with Crippen molar-refractivity contribution in [2.24, 2.45) is 4.99 Å². The quantitative estimate of drug-likeness (QED) is 0.291. The standard InChI is InChI=1S/C17H18N6O3.HI/c1-18-17(19-8-11-4-5-12-14(7-11)26-10-25-12)20-9-15-21-16(23-22-15)13-3-2-6-24-13;/h2-7H,8-10H2,1H3,(H2,18,19,20)(H,21,22,23);1H. The zero-order valence-electron chi connectivity index (χ0n) is 14.6. The molecule has 0 saturated carbocycles. The molecule has 3 aromatic rings. The average Bonchev–Trinajstić information content (AvgIpc) is 3.41. The third-order valence-corrected chi connectivity index (χ3v) is 3.82. The number of fused-ring (bicyclic) bond motifs is 1. The van der Waals surface area contributed by atoms with Crippen molar-refractivity contribution in [1.82, 2.24) is 25.8 Å². The van der Waals surface area contributed by atoms with Crippen LogP contribution in [0.1, 0.15) is 11.4 Å². The maximum Gasteiger partial charge on any atom is 0.231 e. The van der Waals surface area contributed by atoms with Gasteiger partial charge >= 0.3 is 0 Å². The average molecular weight is 482 g/mol. The van der Waals surface area contributed by atoms with Crippen LogP contribution in [0.15, 0.2) is 46.0 Å². The SMILES string of the molecule is CN=C(NCc1ccc2c(c1)OCO2)NCc1nc(-c2ccco2)n[nH]1.I. The van der Waals surface area contributed by atoms with Crippen LogP contribution in [0.25, 0.3) is 11.6 Å². The van der Waals surface area contributed by atoms with Crippen LogP contribution in [-0.4, -0.2) is 35.0 Å². The van der Waals surface area contributed by atoms with E-state index in [2.05, 4.69) is 30.8 Å². The Morgan fingerprint density at radius 1 is 1.19 bits per heavy atom. The maximum atomic E-state index is 5.39. The molecule has 2 aromatic heterocycles. The van der Waals surface area contributed by atoms with Crippen molar-refractivity contribution in [1.29, 1.82) is 0 Å². The molecule has 27 heavy (non-hydrogen) atoms. The summed E-state index contributed by atoms with van der Waals surface area (Å²) in [6.45, 7) is 1.32. The Labute approximate surface area is 172 Å². The summed E-state index contributed by atoms with van der Waals surface area (Å²) in [4.78, 5) is 8.59. The Kier molecular flexibility index (Phi) is 6.16. The van der Waals surface area contributed by atoms with E-state index in [1.165, 1.54) is 0 Å². The number of nitrogens with zero attached hydrogens (tertiary/aromatic N) is 3. The number of aromatic nitrogens is 3.